The first-order valence-electron chi connectivity index (χ1n) is 6.85. The second-order valence-corrected chi connectivity index (χ2v) is 4.59. The second kappa shape index (κ2) is 9.78. The normalized spacial score (nSPS) is 12.4. The molecular weight excluding hydrogens is 242 g/mol. The van der Waals surface area contributed by atoms with E-state index in [0.29, 0.717) is 13.2 Å². The number of hydrogen-bond donors (Lipinski definition) is 2. The quantitative estimate of drug-likeness (QED) is 0.636. The molecule has 0 aliphatic rings. The van der Waals surface area contributed by atoms with Crippen molar-refractivity contribution in [1.29, 1.82) is 0 Å². The van der Waals surface area contributed by atoms with E-state index < -0.39 is 6.10 Å². The molecule has 1 aromatic carbocycles. The van der Waals surface area contributed by atoms with Gasteiger partial charge in [0, 0.05) is 20.2 Å². The third kappa shape index (κ3) is 7.15. The Morgan fingerprint density at radius 3 is 2.63 bits per heavy atom. The third-order valence-electron chi connectivity index (χ3n) is 2.76. The van der Waals surface area contributed by atoms with Gasteiger partial charge < -0.3 is 19.9 Å². The average molecular weight is 267 g/mol. The summed E-state index contributed by atoms with van der Waals surface area (Å²) in [4.78, 5) is 0. The molecule has 4 heteroatoms. The van der Waals surface area contributed by atoms with Crippen LogP contribution in [0.1, 0.15) is 25.3 Å². The molecule has 0 bridgehead atoms. The molecule has 0 radical (unpaired) electrons. The van der Waals surface area contributed by atoms with Crippen LogP contribution < -0.4 is 10.1 Å². The molecule has 1 unspecified atom stereocenters. The highest BCUT2D eigenvalue weighted by molar-refractivity contribution is 5.27. The van der Waals surface area contributed by atoms with Gasteiger partial charge in [-0.1, -0.05) is 25.5 Å². The molecule has 4 nitrogen and oxygen atoms in total. The first-order chi connectivity index (χ1) is 9.26. The van der Waals surface area contributed by atoms with Crippen LogP contribution in [0.4, 0.5) is 0 Å². The minimum atomic E-state index is -0.457. The molecule has 2 N–H and O–H groups in total. The molecule has 1 rings (SSSR count). The maximum absolute atomic E-state index is 9.48. The Labute approximate surface area is 115 Å². The molecule has 1 aromatic rings. The SMILES string of the molecule is CCCCOc1ccc(CNCC(O)COC)cc1. The van der Waals surface area contributed by atoms with Crippen LogP contribution in [-0.2, 0) is 11.3 Å². The van der Waals surface area contributed by atoms with Crippen molar-refractivity contribution in [3.05, 3.63) is 29.8 Å². The summed E-state index contributed by atoms with van der Waals surface area (Å²) < 4.78 is 10.5. The molecule has 0 aromatic heterocycles. The van der Waals surface area contributed by atoms with Crippen molar-refractivity contribution < 1.29 is 14.6 Å². The second-order valence-electron chi connectivity index (χ2n) is 4.59. The highest BCUT2D eigenvalue weighted by Gasteiger charge is 2.02. The van der Waals surface area contributed by atoms with E-state index in [1.54, 1.807) is 7.11 Å². The molecule has 0 aliphatic carbocycles. The lowest BCUT2D eigenvalue weighted by Gasteiger charge is -2.11. The summed E-state index contributed by atoms with van der Waals surface area (Å²) in [6, 6.07) is 8.05. The molecule has 1 atom stereocenters. The maximum Gasteiger partial charge on any atom is 0.119 e. The maximum atomic E-state index is 9.48. The Hall–Kier alpha value is -1.10. The molecule has 0 amide bonds. The third-order valence-corrected chi connectivity index (χ3v) is 2.76. The number of rotatable bonds is 10. The van der Waals surface area contributed by atoms with Gasteiger partial charge in [-0.2, -0.15) is 0 Å². The first-order valence-corrected chi connectivity index (χ1v) is 6.85. The predicted octanol–water partition coefficient (Wildman–Crippen LogP) is 1.96. The van der Waals surface area contributed by atoms with Gasteiger partial charge in [-0.15, -0.1) is 0 Å². The van der Waals surface area contributed by atoms with E-state index in [-0.39, 0.29) is 0 Å². The molecule has 108 valence electrons. The minimum Gasteiger partial charge on any atom is -0.494 e. The Morgan fingerprint density at radius 2 is 2.00 bits per heavy atom. The average Bonchev–Trinajstić information content (AvgIpc) is 2.41. The number of unbranched alkanes of at least 4 members (excludes halogenated alkanes) is 1. The highest BCUT2D eigenvalue weighted by atomic mass is 16.5. The van der Waals surface area contributed by atoms with Gasteiger partial charge in [-0.05, 0) is 24.1 Å². The van der Waals surface area contributed by atoms with Crippen molar-refractivity contribution in [3.8, 4) is 5.75 Å². The lowest BCUT2D eigenvalue weighted by Crippen LogP contribution is -2.29. The van der Waals surface area contributed by atoms with Crippen LogP contribution in [0.5, 0.6) is 5.75 Å². The van der Waals surface area contributed by atoms with Crippen LogP contribution in [-0.4, -0.2) is 38.1 Å². The number of methoxy groups -OCH3 is 1. The van der Waals surface area contributed by atoms with Crippen LogP contribution in [0.15, 0.2) is 24.3 Å². The summed E-state index contributed by atoms with van der Waals surface area (Å²) >= 11 is 0. The number of ether oxygens (including phenoxy) is 2. The smallest absolute Gasteiger partial charge is 0.119 e. The van der Waals surface area contributed by atoms with Gasteiger partial charge in [0.15, 0.2) is 0 Å². The number of aliphatic hydroxyl groups excluding tert-OH is 1. The van der Waals surface area contributed by atoms with E-state index in [1.807, 2.05) is 24.3 Å². The van der Waals surface area contributed by atoms with E-state index >= 15 is 0 Å². The Balaban J connectivity index is 2.24. The summed E-state index contributed by atoms with van der Waals surface area (Å²) in [6.07, 6.45) is 1.77. The zero-order chi connectivity index (χ0) is 13.9. The fraction of sp³-hybridized carbons (Fsp3) is 0.600. The molecule has 0 saturated heterocycles. The van der Waals surface area contributed by atoms with Crippen LogP contribution in [0.3, 0.4) is 0 Å². The summed E-state index contributed by atoms with van der Waals surface area (Å²) in [5.41, 5.74) is 1.17. The van der Waals surface area contributed by atoms with Gasteiger partial charge in [-0.3, -0.25) is 0 Å². The summed E-state index contributed by atoms with van der Waals surface area (Å²) in [5.74, 6) is 0.914. The minimum absolute atomic E-state index is 0.358. The van der Waals surface area contributed by atoms with Gasteiger partial charge in [0.1, 0.15) is 5.75 Å². The number of aliphatic hydroxyl groups is 1. The van der Waals surface area contributed by atoms with Crippen LogP contribution in [0.25, 0.3) is 0 Å². The topological polar surface area (TPSA) is 50.7 Å². The van der Waals surface area contributed by atoms with Crippen molar-refractivity contribution in [2.75, 3.05) is 26.9 Å². The number of hydrogen-bond acceptors (Lipinski definition) is 4. The summed E-state index contributed by atoms with van der Waals surface area (Å²) in [5, 5.41) is 12.7. The van der Waals surface area contributed by atoms with Gasteiger partial charge >= 0.3 is 0 Å². The zero-order valence-electron chi connectivity index (χ0n) is 11.9. The summed E-state index contributed by atoms with van der Waals surface area (Å²) in [7, 11) is 1.58. The van der Waals surface area contributed by atoms with Gasteiger partial charge in [0.05, 0.1) is 19.3 Å². The van der Waals surface area contributed by atoms with Crippen LogP contribution >= 0.6 is 0 Å². The standard InChI is InChI=1S/C15H25NO3/c1-3-4-9-19-15-7-5-13(6-8-15)10-16-11-14(17)12-18-2/h5-8,14,16-17H,3-4,9-12H2,1-2H3. The van der Waals surface area contributed by atoms with E-state index in [2.05, 4.69) is 12.2 Å². The molecule has 0 spiro atoms. The Bertz CT molecular complexity index is 327. The van der Waals surface area contributed by atoms with Gasteiger partial charge in [0.2, 0.25) is 0 Å². The van der Waals surface area contributed by atoms with Crippen molar-refractivity contribution in [2.24, 2.45) is 0 Å². The monoisotopic (exact) mass is 267 g/mol. The van der Waals surface area contributed by atoms with Gasteiger partial charge in [-0.25, -0.2) is 0 Å². The largest absolute Gasteiger partial charge is 0.494 e. The van der Waals surface area contributed by atoms with Crippen LogP contribution in [0, 0.1) is 0 Å². The fourth-order valence-electron chi connectivity index (χ4n) is 1.67. The Morgan fingerprint density at radius 1 is 1.26 bits per heavy atom. The molecule has 0 fully saturated rings. The lowest BCUT2D eigenvalue weighted by molar-refractivity contribution is 0.0644. The van der Waals surface area contributed by atoms with Gasteiger partial charge in [0.25, 0.3) is 0 Å². The zero-order valence-corrected chi connectivity index (χ0v) is 11.9. The van der Waals surface area contributed by atoms with E-state index in [0.717, 1.165) is 31.7 Å². The van der Waals surface area contributed by atoms with Crippen molar-refractivity contribution in [1.82, 2.24) is 5.32 Å². The van der Waals surface area contributed by atoms with Crippen LogP contribution in [0.2, 0.25) is 0 Å². The van der Waals surface area contributed by atoms with E-state index in [4.69, 9.17) is 9.47 Å². The highest BCUT2D eigenvalue weighted by Crippen LogP contribution is 2.12. The molecule has 19 heavy (non-hydrogen) atoms. The number of benzene rings is 1. The predicted molar refractivity (Wildman–Crippen MR) is 76.4 cm³/mol. The Kier molecular flexibility index (Phi) is 8.21. The summed E-state index contributed by atoms with van der Waals surface area (Å²) in [6.45, 7) is 4.54. The molecular formula is C15H25NO3. The van der Waals surface area contributed by atoms with Crippen molar-refractivity contribution >= 4 is 0 Å². The van der Waals surface area contributed by atoms with E-state index in [9.17, 15) is 5.11 Å². The molecule has 0 aliphatic heterocycles. The first kappa shape index (κ1) is 16.0. The van der Waals surface area contributed by atoms with Crippen molar-refractivity contribution in [3.63, 3.8) is 0 Å². The molecule has 0 heterocycles. The number of nitrogens with one attached hydrogen (secondary N) is 1. The molecule has 0 saturated carbocycles. The van der Waals surface area contributed by atoms with Crippen molar-refractivity contribution in [2.45, 2.75) is 32.4 Å². The fourth-order valence-corrected chi connectivity index (χ4v) is 1.67. The van der Waals surface area contributed by atoms with E-state index in [1.165, 1.54) is 5.56 Å². The lowest BCUT2D eigenvalue weighted by atomic mass is 10.2.